The molecule has 16 nitrogen and oxygen atoms in total. The van der Waals surface area contributed by atoms with Crippen molar-refractivity contribution in [3.05, 3.63) is 83.9 Å². The molecule has 0 saturated carbocycles. The Morgan fingerprint density at radius 1 is 0.652 bits per heavy atom. The molecule has 238 valence electrons. The molecule has 5 aromatic carbocycles. The zero-order valence-electron chi connectivity index (χ0n) is 23.2. The van der Waals surface area contributed by atoms with Gasteiger partial charge >= 0.3 is 0 Å². The molecule has 0 aliphatic carbocycles. The number of phenolic OH excluding ortho intramolecular Hbond substituents is 1. The summed E-state index contributed by atoms with van der Waals surface area (Å²) >= 11 is 0. The number of aromatic hydroxyl groups is 1. The molecule has 46 heavy (non-hydrogen) atoms. The summed E-state index contributed by atoms with van der Waals surface area (Å²) in [6.07, 6.45) is 0. The smallest absolute Gasteiger partial charge is 0.296 e. The molecule has 0 fully saturated rings. The van der Waals surface area contributed by atoms with Crippen LogP contribution in [0.25, 0.3) is 21.5 Å². The lowest BCUT2D eigenvalue weighted by molar-refractivity contribution is -0.254. The van der Waals surface area contributed by atoms with Gasteiger partial charge in [0.05, 0.1) is 22.0 Å². The van der Waals surface area contributed by atoms with Gasteiger partial charge in [0.25, 0.3) is 20.2 Å². The molecule has 0 radical (unpaired) electrons. The van der Waals surface area contributed by atoms with Gasteiger partial charge in [-0.25, -0.2) is 9.78 Å². The van der Waals surface area contributed by atoms with Gasteiger partial charge in [-0.2, -0.15) is 21.9 Å². The van der Waals surface area contributed by atoms with Crippen LogP contribution in [0.15, 0.2) is 103 Å². The lowest BCUT2D eigenvalue weighted by atomic mass is 10.1. The first-order valence-corrected chi connectivity index (χ1v) is 15.7. The number of nitrogen functional groups attached to an aromatic ring is 1. The van der Waals surface area contributed by atoms with Gasteiger partial charge in [-0.3, -0.25) is 19.6 Å². The second-order valence-electron chi connectivity index (χ2n) is 9.77. The normalized spacial score (nSPS) is 12.6. The Bertz CT molecular complexity index is 2250. The standard InChI is InChI=1S/C28H23N5O11S2/c29-18-2-1-17-10-26(46(40,41)42)27(28(34)22(17)11-18)33-32-25-6-5-24(21-4-3-20(12-23(21)25)45(37,38)39)31-30-19-8-15(13-43-35)7-16(9-19)14-44-36/h1-12,34-36H,13-14,29H2,(H,37,38,39)(H,40,41,42). The highest BCUT2D eigenvalue weighted by atomic mass is 32.2. The van der Waals surface area contributed by atoms with E-state index < -0.39 is 41.5 Å². The zero-order valence-corrected chi connectivity index (χ0v) is 24.8. The molecule has 0 heterocycles. The summed E-state index contributed by atoms with van der Waals surface area (Å²) in [6.45, 7) is -0.384. The number of hydrogen-bond acceptors (Lipinski definition) is 14. The van der Waals surface area contributed by atoms with E-state index in [9.17, 15) is 31.0 Å². The molecule has 0 bridgehead atoms. The van der Waals surface area contributed by atoms with Crippen molar-refractivity contribution >= 4 is 70.2 Å². The van der Waals surface area contributed by atoms with Crippen molar-refractivity contribution < 1.29 is 51.3 Å². The van der Waals surface area contributed by atoms with Crippen LogP contribution in [-0.2, 0) is 43.2 Å². The third-order valence-corrected chi connectivity index (χ3v) is 8.34. The maximum Gasteiger partial charge on any atom is 0.296 e. The summed E-state index contributed by atoms with van der Waals surface area (Å²) in [5, 5.41) is 45.7. The minimum atomic E-state index is -4.91. The zero-order chi connectivity index (χ0) is 33.2. The Balaban J connectivity index is 1.66. The van der Waals surface area contributed by atoms with Gasteiger partial charge in [0, 0.05) is 21.8 Å². The molecule has 5 aromatic rings. The monoisotopic (exact) mass is 669 g/mol. The maximum atomic E-state index is 12.2. The van der Waals surface area contributed by atoms with Crippen LogP contribution in [0.1, 0.15) is 11.1 Å². The number of nitrogens with two attached hydrogens (primary N) is 1. The molecule has 0 atom stereocenters. The van der Waals surface area contributed by atoms with E-state index in [0.717, 1.165) is 18.2 Å². The van der Waals surface area contributed by atoms with E-state index in [1.165, 1.54) is 48.5 Å². The van der Waals surface area contributed by atoms with Crippen LogP contribution in [0.2, 0.25) is 0 Å². The van der Waals surface area contributed by atoms with Gasteiger partial charge in [0.1, 0.15) is 23.8 Å². The lowest BCUT2D eigenvalue weighted by Gasteiger charge is -2.10. The van der Waals surface area contributed by atoms with E-state index in [1.54, 1.807) is 6.07 Å². The number of benzene rings is 5. The first-order valence-electron chi connectivity index (χ1n) is 12.8. The van der Waals surface area contributed by atoms with Gasteiger partial charge < -0.3 is 10.8 Å². The number of phenols is 1. The van der Waals surface area contributed by atoms with E-state index in [2.05, 4.69) is 30.2 Å². The third kappa shape index (κ3) is 6.98. The number of hydrogen-bond donors (Lipinski definition) is 6. The molecule has 0 aliphatic heterocycles. The molecular weight excluding hydrogens is 646 g/mol. The van der Waals surface area contributed by atoms with E-state index in [0.29, 0.717) is 11.1 Å². The second kappa shape index (κ2) is 12.8. The minimum absolute atomic E-state index is 0.0442. The number of azo groups is 2. The Morgan fingerprint density at radius 3 is 1.89 bits per heavy atom. The summed E-state index contributed by atoms with van der Waals surface area (Å²) in [6, 6.07) is 16.3. The predicted molar refractivity (Wildman–Crippen MR) is 163 cm³/mol. The third-order valence-electron chi connectivity index (χ3n) is 6.63. The highest BCUT2D eigenvalue weighted by Crippen LogP contribution is 2.43. The number of nitrogens with zero attached hydrogens (tertiary/aromatic N) is 4. The number of rotatable bonds is 10. The molecule has 0 saturated heterocycles. The van der Waals surface area contributed by atoms with Crippen LogP contribution in [0, 0.1) is 0 Å². The molecule has 0 spiro atoms. The maximum absolute atomic E-state index is 12.2. The second-order valence-corrected chi connectivity index (χ2v) is 12.6. The van der Waals surface area contributed by atoms with Crippen LogP contribution < -0.4 is 5.73 Å². The molecule has 0 unspecified atom stereocenters. The molecule has 0 aromatic heterocycles. The average Bonchev–Trinajstić information content (AvgIpc) is 2.99. The topological polar surface area (TPSA) is 263 Å². The van der Waals surface area contributed by atoms with E-state index in [4.69, 9.17) is 16.2 Å². The molecular formula is C28H23N5O11S2. The summed E-state index contributed by atoms with van der Waals surface area (Å²) in [5.74, 6) is -0.644. The van der Waals surface area contributed by atoms with Gasteiger partial charge in [-0.05, 0) is 71.1 Å². The van der Waals surface area contributed by atoms with Crippen LogP contribution in [-0.4, -0.2) is 41.6 Å². The largest absolute Gasteiger partial charge is 0.505 e. The molecule has 0 amide bonds. The predicted octanol–water partition coefficient (Wildman–Crippen LogP) is 6.58. The van der Waals surface area contributed by atoms with Crippen molar-refractivity contribution in [3.8, 4) is 5.75 Å². The van der Waals surface area contributed by atoms with Crippen molar-refractivity contribution in [2.45, 2.75) is 23.0 Å². The fourth-order valence-corrected chi connectivity index (χ4v) is 5.78. The Kier molecular flexibility index (Phi) is 9.06. The van der Waals surface area contributed by atoms with Crippen molar-refractivity contribution in [1.82, 2.24) is 0 Å². The van der Waals surface area contributed by atoms with Gasteiger partial charge in [-0.15, -0.1) is 15.3 Å². The van der Waals surface area contributed by atoms with Crippen LogP contribution in [0.5, 0.6) is 5.75 Å². The number of fused-ring (bicyclic) bond motifs is 2. The first-order chi connectivity index (χ1) is 21.8. The van der Waals surface area contributed by atoms with Gasteiger partial charge in [0.15, 0.2) is 5.75 Å². The van der Waals surface area contributed by atoms with Crippen LogP contribution in [0.4, 0.5) is 28.4 Å². The first kappa shape index (κ1) is 32.5. The SMILES string of the molecule is Nc1ccc2cc(S(=O)(=O)O)c(N=Nc3ccc(N=Nc4cc(COO)cc(COO)c4)c4ccc(S(=O)(=O)O)cc34)c(O)c2c1. The summed E-state index contributed by atoms with van der Waals surface area (Å²) in [7, 11) is -9.60. The summed E-state index contributed by atoms with van der Waals surface area (Å²) in [4.78, 5) is 7.09. The lowest BCUT2D eigenvalue weighted by Crippen LogP contribution is -1.99. The molecule has 5 rings (SSSR count). The quantitative estimate of drug-likeness (QED) is 0.0302. The minimum Gasteiger partial charge on any atom is -0.505 e. The van der Waals surface area contributed by atoms with E-state index in [1.807, 2.05) is 0 Å². The average molecular weight is 670 g/mol. The van der Waals surface area contributed by atoms with E-state index in [-0.39, 0.29) is 57.5 Å². The highest BCUT2D eigenvalue weighted by Gasteiger charge is 2.22. The van der Waals surface area contributed by atoms with E-state index >= 15 is 0 Å². The van der Waals surface area contributed by atoms with Crippen LogP contribution >= 0.6 is 0 Å². The van der Waals surface area contributed by atoms with Gasteiger partial charge in [-0.1, -0.05) is 18.2 Å². The van der Waals surface area contributed by atoms with Crippen molar-refractivity contribution in [2.24, 2.45) is 20.5 Å². The Morgan fingerprint density at radius 2 is 1.28 bits per heavy atom. The fraction of sp³-hybridized carbons (Fsp3) is 0.0714. The molecule has 18 heteroatoms. The van der Waals surface area contributed by atoms with Crippen molar-refractivity contribution in [1.29, 1.82) is 0 Å². The molecule has 0 aliphatic rings. The van der Waals surface area contributed by atoms with Crippen LogP contribution in [0.3, 0.4) is 0 Å². The number of anilines is 1. The van der Waals surface area contributed by atoms with Gasteiger partial charge in [0.2, 0.25) is 0 Å². The van der Waals surface area contributed by atoms with Crippen molar-refractivity contribution in [3.63, 3.8) is 0 Å². The summed E-state index contributed by atoms with van der Waals surface area (Å²) in [5.41, 5.74) is 6.84. The van der Waals surface area contributed by atoms with Crippen molar-refractivity contribution in [2.75, 3.05) is 5.73 Å². The molecule has 7 N–H and O–H groups in total. The summed E-state index contributed by atoms with van der Waals surface area (Å²) < 4.78 is 67.9. The highest BCUT2D eigenvalue weighted by molar-refractivity contribution is 7.86. The fourth-order valence-electron chi connectivity index (χ4n) is 4.61. The Labute approximate surface area is 260 Å². The Hall–Kier alpha value is -4.92.